The Balaban J connectivity index is 1.56. The Morgan fingerprint density at radius 1 is 1.12 bits per heavy atom. The molecule has 142 valence electrons. The van der Waals surface area contributed by atoms with Crippen LogP contribution in [0.1, 0.15) is 43.6 Å². The molecule has 2 N–H and O–H groups in total. The van der Waals surface area contributed by atoms with Crippen molar-refractivity contribution in [2.45, 2.75) is 50.4 Å². The lowest BCUT2D eigenvalue weighted by Gasteiger charge is -2.26. The van der Waals surface area contributed by atoms with Crippen LogP contribution in [0.3, 0.4) is 0 Å². The molecule has 3 rings (SSSR count). The third kappa shape index (κ3) is 4.47. The number of hydrogen-bond acceptors (Lipinski definition) is 3. The van der Waals surface area contributed by atoms with E-state index < -0.39 is 12.3 Å². The van der Waals surface area contributed by atoms with Crippen LogP contribution in [-0.4, -0.2) is 29.4 Å². The second-order valence-electron chi connectivity index (χ2n) is 6.93. The van der Waals surface area contributed by atoms with Crippen LogP contribution in [0.2, 0.25) is 0 Å². The number of carboxylic acid groups (broad SMARTS) is 1. The number of aliphatic carboxylic acids is 1. The number of carbonyl (C=O) groups is 2. The second-order valence-corrected chi connectivity index (χ2v) is 6.93. The first-order valence-electron chi connectivity index (χ1n) is 8.62. The Labute approximate surface area is 148 Å². The average molecular weight is 371 g/mol. The lowest BCUT2D eigenvalue weighted by Crippen LogP contribution is -2.39. The molecule has 2 saturated carbocycles. The number of alkyl halides is 3. The van der Waals surface area contributed by atoms with Crippen LogP contribution in [0.25, 0.3) is 0 Å². The molecule has 2 atom stereocenters. The summed E-state index contributed by atoms with van der Waals surface area (Å²) >= 11 is 0. The number of carbonyl (C=O) groups excluding carboxylic acids is 1. The highest BCUT2D eigenvalue weighted by atomic mass is 19.4. The highest BCUT2D eigenvalue weighted by Gasteiger charge is 2.46. The number of benzene rings is 1. The fraction of sp³-hybridized carbons (Fsp3) is 0.556. The molecule has 1 aromatic rings. The number of hydrogen-bond donors (Lipinski definition) is 2. The van der Waals surface area contributed by atoms with Gasteiger partial charge >= 0.3 is 12.3 Å². The van der Waals surface area contributed by atoms with Crippen molar-refractivity contribution in [3.05, 3.63) is 29.8 Å². The van der Waals surface area contributed by atoms with E-state index in [1.807, 2.05) is 0 Å². The molecule has 0 unspecified atom stereocenters. The maximum absolute atomic E-state index is 12.5. The largest absolute Gasteiger partial charge is 0.573 e. The molecule has 0 aliphatic heterocycles. The predicted molar refractivity (Wildman–Crippen MR) is 85.5 cm³/mol. The molecule has 1 aromatic carbocycles. The lowest BCUT2D eigenvalue weighted by atomic mass is 9.86. The summed E-state index contributed by atoms with van der Waals surface area (Å²) in [6.45, 7) is 0. The molecule has 0 saturated heterocycles. The number of ether oxygens (including phenoxy) is 1. The first-order valence-corrected chi connectivity index (χ1v) is 8.62. The molecule has 5 nitrogen and oxygen atoms in total. The van der Waals surface area contributed by atoms with Crippen molar-refractivity contribution >= 4 is 11.9 Å². The van der Waals surface area contributed by atoms with Crippen molar-refractivity contribution in [2.24, 2.45) is 11.8 Å². The highest BCUT2D eigenvalue weighted by Crippen LogP contribution is 2.51. The molecule has 0 bridgehead atoms. The molecular formula is C18H20F3NO4. The van der Waals surface area contributed by atoms with E-state index in [-0.39, 0.29) is 35.5 Å². The normalized spacial score (nSPS) is 28.3. The van der Waals surface area contributed by atoms with E-state index in [1.165, 1.54) is 12.1 Å². The van der Waals surface area contributed by atoms with Gasteiger partial charge in [0, 0.05) is 12.0 Å². The van der Waals surface area contributed by atoms with Crippen molar-refractivity contribution in [2.75, 3.05) is 0 Å². The maximum atomic E-state index is 12.5. The Morgan fingerprint density at radius 3 is 2.38 bits per heavy atom. The SMILES string of the molecule is O=C(O)C1CCC(NC(=O)[C@@H]2C[C@H]2c2ccccc2OC(F)(F)F)CC1. The van der Waals surface area contributed by atoms with Gasteiger partial charge in [-0.1, -0.05) is 18.2 Å². The van der Waals surface area contributed by atoms with E-state index in [0.717, 1.165) is 0 Å². The number of nitrogens with one attached hydrogen (secondary N) is 1. The van der Waals surface area contributed by atoms with Crippen LogP contribution in [0.15, 0.2) is 24.3 Å². The number of halogens is 3. The minimum absolute atomic E-state index is 0.0685. The second kappa shape index (κ2) is 7.17. The van der Waals surface area contributed by atoms with E-state index in [2.05, 4.69) is 10.1 Å². The zero-order valence-corrected chi connectivity index (χ0v) is 14.0. The van der Waals surface area contributed by atoms with Gasteiger partial charge in [0.05, 0.1) is 5.92 Å². The number of carboxylic acids is 1. The quantitative estimate of drug-likeness (QED) is 0.831. The Hall–Kier alpha value is -2.25. The van der Waals surface area contributed by atoms with E-state index in [4.69, 9.17) is 5.11 Å². The average Bonchev–Trinajstić information content (AvgIpc) is 3.35. The Kier molecular flexibility index (Phi) is 5.11. The highest BCUT2D eigenvalue weighted by molar-refractivity contribution is 5.83. The molecular weight excluding hydrogens is 351 g/mol. The molecule has 26 heavy (non-hydrogen) atoms. The first-order chi connectivity index (χ1) is 12.2. The topological polar surface area (TPSA) is 75.6 Å². The van der Waals surface area contributed by atoms with Crippen LogP contribution >= 0.6 is 0 Å². The summed E-state index contributed by atoms with van der Waals surface area (Å²) in [6, 6.07) is 5.82. The van der Waals surface area contributed by atoms with Crippen molar-refractivity contribution in [1.29, 1.82) is 0 Å². The summed E-state index contributed by atoms with van der Waals surface area (Å²) in [6.07, 6.45) is -2.03. The van der Waals surface area contributed by atoms with E-state index in [9.17, 15) is 22.8 Å². The molecule has 2 fully saturated rings. The molecule has 8 heteroatoms. The smallest absolute Gasteiger partial charge is 0.481 e. The van der Waals surface area contributed by atoms with Crippen LogP contribution in [0, 0.1) is 11.8 Å². The minimum atomic E-state index is -4.77. The Morgan fingerprint density at radius 2 is 1.77 bits per heavy atom. The fourth-order valence-electron chi connectivity index (χ4n) is 3.63. The molecule has 0 radical (unpaired) electrons. The molecule has 1 amide bonds. The third-order valence-electron chi connectivity index (χ3n) is 5.09. The maximum Gasteiger partial charge on any atom is 0.573 e. The van der Waals surface area contributed by atoms with Crippen molar-refractivity contribution in [3.63, 3.8) is 0 Å². The minimum Gasteiger partial charge on any atom is -0.481 e. The van der Waals surface area contributed by atoms with Gasteiger partial charge in [0.2, 0.25) is 5.91 Å². The van der Waals surface area contributed by atoms with Gasteiger partial charge in [-0.25, -0.2) is 0 Å². The van der Waals surface area contributed by atoms with Gasteiger partial charge < -0.3 is 15.2 Å². The van der Waals surface area contributed by atoms with Gasteiger partial charge in [-0.15, -0.1) is 13.2 Å². The standard InChI is InChI=1S/C18H20F3NO4/c19-18(20,21)26-15-4-2-1-3-12(15)13-9-14(13)16(23)22-11-7-5-10(6-8-11)17(24)25/h1-4,10-11,13-14H,5-9H2,(H,22,23)(H,24,25)/t10?,11?,13-,14+/m0/s1. The number of rotatable bonds is 5. The number of para-hydroxylation sites is 1. The van der Waals surface area contributed by atoms with Crippen LogP contribution < -0.4 is 10.1 Å². The third-order valence-corrected chi connectivity index (χ3v) is 5.09. The van der Waals surface area contributed by atoms with Crippen LogP contribution in [-0.2, 0) is 9.59 Å². The molecule has 0 spiro atoms. The Bertz CT molecular complexity index is 683. The zero-order chi connectivity index (χ0) is 18.9. The van der Waals surface area contributed by atoms with Crippen molar-refractivity contribution in [3.8, 4) is 5.75 Å². The molecule has 0 heterocycles. The molecule has 2 aliphatic carbocycles. The first kappa shape index (κ1) is 18.5. The summed E-state index contributed by atoms with van der Waals surface area (Å²) in [4.78, 5) is 23.3. The van der Waals surface area contributed by atoms with Crippen molar-refractivity contribution < 1.29 is 32.6 Å². The zero-order valence-electron chi connectivity index (χ0n) is 14.0. The molecule has 2 aliphatic rings. The summed E-state index contributed by atoms with van der Waals surface area (Å²) in [5, 5.41) is 11.9. The summed E-state index contributed by atoms with van der Waals surface area (Å²) in [7, 11) is 0. The monoisotopic (exact) mass is 371 g/mol. The number of amides is 1. The van der Waals surface area contributed by atoms with Gasteiger partial charge in [-0.2, -0.15) is 0 Å². The van der Waals surface area contributed by atoms with Gasteiger partial charge in [0.1, 0.15) is 5.75 Å². The molecule has 0 aromatic heterocycles. The van der Waals surface area contributed by atoms with E-state index >= 15 is 0 Å². The van der Waals surface area contributed by atoms with Gasteiger partial charge in [-0.3, -0.25) is 9.59 Å². The summed E-state index contributed by atoms with van der Waals surface area (Å²) < 4.78 is 41.6. The van der Waals surface area contributed by atoms with Crippen LogP contribution in [0.5, 0.6) is 5.75 Å². The van der Waals surface area contributed by atoms with E-state index in [0.29, 0.717) is 37.7 Å². The van der Waals surface area contributed by atoms with Gasteiger partial charge in [-0.05, 0) is 49.7 Å². The summed E-state index contributed by atoms with van der Waals surface area (Å²) in [5.41, 5.74) is 0.388. The van der Waals surface area contributed by atoms with Crippen molar-refractivity contribution in [1.82, 2.24) is 5.32 Å². The van der Waals surface area contributed by atoms with Crippen LogP contribution in [0.4, 0.5) is 13.2 Å². The fourth-order valence-corrected chi connectivity index (χ4v) is 3.63. The predicted octanol–water partition coefficient (Wildman–Crippen LogP) is 3.45. The van der Waals surface area contributed by atoms with Gasteiger partial charge in [0.25, 0.3) is 0 Å². The lowest BCUT2D eigenvalue weighted by molar-refractivity contribution is -0.274. The van der Waals surface area contributed by atoms with Gasteiger partial charge in [0.15, 0.2) is 0 Å². The summed E-state index contributed by atoms with van der Waals surface area (Å²) in [5.74, 6) is -2.27. The van der Waals surface area contributed by atoms with E-state index in [1.54, 1.807) is 12.1 Å².